The lowest BCUT2D eigenvalue weighted by Crippen LogP contribution is -2.60. The summed E-state index contributed by atoms with van der Waals surface area (Å²) in [7, 11) is -9.08. The number of nitrogens with two attached hydrogens (primary N) is 2. The number of nitrogens with one attached hydrogen (secondary N) is 2. The van der Waals surface area contributed by atoms with Crippen LogP contribution in [0.5, 0.6) is 11.5 Å². The van der Waals surface area contributed by atoms with Gasteiger partial charge in [-0.3, -0.25) is 9.59 Å². The molecule has 4 aliphatic heterocycles. The molecule has 0 saturated carbocycles. The topological polar surface area (TPSA) is 278 Å². The molecule has 6 aromatic carbocycles. The molecule has 0 aliphatic carbocycles. The molecule has 4 heterocycles. The van der Waals surface area contributed by atoms with Gasteiger partial charge < -0.3 is 41.0 Å². The van der Waals surface area contributed by atoms with Crippen molar-refractivity contribution >= 4 is 98.9 Å². The van der Waals surface area contributed by atoms with Crippen molar-refractivity contribution in [3.8, 4) is 11.5 Å². The van der Waals surface area contributed by atoms with Gasteiger partial charge in [0.05, 0.1) is 9.79 Å². The zero-order valence-electron chi connectivity index (χ0n) is 49.7. The first kappa shape index (κ1) is 76.7. The van der Waals surface area contributed by atoms with Crippen LogP contribution >= 0.6 is 55.1 Å². The number of benzene rings is 6. The van der Waals surface area contributed by atoms with E-state index in [0.29, 0.717) is 81.9 Å². The highest BCUT2D eigenvalue weighted by Crippen LogP contribution is 2.43. The molecule has 4 fully saturated rings. The molecular formula is C62H60Br2Cl2F10N6O12S2. The number of nitrogens with zero attached hydrogens (tertiary/aromatic N) is 2. The third kappa shape index (κ3) is 20.3. The van der Waals surface area contributed by atoms with Crippen LogP contribution in [0.15, 0.2) is 164 Å². The van der Waals surface area contributed by atoms with E-state index in [1.165, 1.54) is 107 Å². The van der Waals surface area contributed by atoms with Crippen molar-refractivity contribution < 1.29 is 99.6 Å². The molecule has 2 amide bonds. The molecule has 96 heavy (non-hydrogen) atoms. The van der Waals surface area contributed by atoms with Crippen molar-refractivity contribution in [3.63, 3.8) is 0 Å². The Balaban J connectivity index is 0.000000226. The number of fused-ring (bicyclic) bond motifs is 4. The maximum atomic E-state index is 16.1. The van der Waals surface area contributed by atoms with E-state index in [4.69, 9.17) is 63.9 Å². The highest BCUT2D eigenvalue weighted by Gasteiger charge is 2.56. The van der Waals surface area contributed by atoms with Gasteiger partial charge in [-0.2, -0.15) is 53.3 Å². The lowest BCUT2D eigenvalue weighted by molar-refractivity contribution is -0.193. The maximum Gasteiger partial charge on any atom is 0.490 e. The summed E-state index contributed by atoms with van der Waals surface area (Å²) in [5, 5.41) is 15.4. The van der Waals surface area contributed by atoms with E-state index in [-0.39, 0.29) is 59.3 Å². The van der Waals surface area contributed by atoms with Crippen LogP contribution in [-0.4, -0.2) is 121 Å². The van der Waals surface area contributed by atoms with Crippen LogP contribution in [0.1, 0.15) is 73.6 Å². The van der Waals surface area contributed by atoms with E-state index >= 15 is 17.6 Å². The number of amides is 2. The van der Waals surface area contributed by atoms with Crippen molar-refractivity contribution in [2.45, 2.75) is 147 Å². The number of aliphatic carboxylic acids is 2. The zero-order chi connectivity index (χ0) is 70.9. The van der Waals surface area contributed by atoms with Crippen LogP contribution in [-0.2, 0) is 64.3 Å². The number of alkyl halides is 10. The van der Waals surface area contributed by atoms with Gasteiger partial charge in [0.25, 0.3) is 11.8 Å². The molecule has 10 rings (SSSR count). The van der Waals surface area contributed by atoms with Crippen molar-refractivity contribution in [2.24, 2.45) is 11.5 Å². The van der Waals surface area contributed by atoms with Gasteiger partial charge in [-0.25, -0.2) is 26.4 Å². The standard InChI is InChI=1S/2C29H29BrClF2N3O4S.2C2HF3O2/c2*30-20-5-3-19(4-6-20)29(32,33)27(28(37)36-23-9-10-24(36)16-22(34)15-23)35-41(38,39)26-13-11-25(12-14-26)40-17-18-1-7-21(31)8-2-18;2*3-2(4,5)1(6)7/h2*1-8,11-14,22-24,27,35H,9-10,15-17,34H2;2*(H,6,7)/t2*22?,23?,24?,27-;;/m10../s1. The van der Waals surface area contributed by atoms with Gasteiger partial charge in [0.15, 0.2) is 12.1 Å². The Hall–Kier alpha value is -6.62. The van der Waals surface area contributed by atoms with Gasteiger partial charge in [0.1, 0.15) is 24.7 Å². The van der Waals surface area contributed by atoms with E-state index < -0.39 is 91.2 Å². The number of carbonyl (C=O) groups is 4. The minimum absolute atomic E-state index is 0.126. The first-order valence-corrected chi connectivity index (χ1v) is 34.1. The molecule has 4 bridgehead atoms. The second kappa shape index (κ2) is 31.9. The number of halogens is 14. The van der Waals surface area contributed by atoms with Crippen LogP contribution in [0, 0.1) is 0 Å². The fraction of sp³-hybridized carbons (Fsp3) is 0.355. The third-order valence-corrected chi connectivity index (χ3v) is 20.1. The Bertz CT molecular complexity index is 3620. The molecule has 34 heteroatoms. The van der Waals surface area contributed by atoms with Gasteiger partial charge in [0, 0.05) is 66.4 Å². The number of rotatable bonds is 18. The predicted octanol–water partition coefficient (Wildman–Crippen LogP) is 12.5. The Morgan fingerprint density at radius 3 is 0.990 bits per heavy atom. The highest BCUT2D eigenvalue weighted by atomic mass is 79.9. The van der Waals surface area contributed by atoms with E-state index in [2.05, 4.69) is 41.3 Å². The monoisotopic (exact) mass is 1560 g/mol. The number of sulfonamides is 2. The van der Waals surface area contributed by atoms with Crippen molar-refractivity contribution in [3.05, 3.63) is 187 Å². The second-order valence-electron chi connectivity index (χ2n) is 22.5. The maximum absolute atomic E-state index is 16.1. The molecule has 4 saturated heterocycles. The van der Waals surface area contributed by atoms with Crippen LogP contribution in [0.2, 0.25) is 10.0 Å². The summed E-state index contributed by atoms with van der Waals surface area (Å²) in [6.07, 6.45) is -5.64. The number of piperidine rings is 2. The number of carboxylic acids is 2. The molecular weight excluding hydrogens is 1510 g/mol. The number of carboxylic acid groups (broad SMARTS) is 2. The molecule has 18 nitrogen and oxygen atoms in total. The van der Waals surface area contributed by atoms with E-state index in [9.17, 15) is 52.8 Å². The molecule has 6 aromatic rings. The summed E-state index contributed by atoms with van der Waals surface area (Å²) in [6, 6.07) is 29.1. The lowest BCUT2D eigenvalue weighted by atomic mass is 9.95. The molecule has 0 aromatic heterocycles. The SMILES string of the molecule is NC1CC2CCC(C1)N2C(=O)[C@@H](NS(=O)(=O)c1ccc(OCc2ccc(Cl)cc2)cc1)C(F)(F)c1ccc(Br)cc1.NC1CC2CCC(C1)N2C(=O)[C@H](NS(=O)(=O)c1ccc(OCc2ccc(Cl)cc2)cc1)C(F)(F)c1ccc(Br)cc1.O=C(O)C(F)(F)F.O=C(O)C(F)(F)F. The summed E-state index contributed by atoms with van der Waals surface area (Å²) in [4.78, 5) is 47.7. The largest absolute Gasteiger partial charge is 0.490 e. The molecule has 520 valence electrons. The summed E-state index contributed by atoms with van der Waals surface area (Å²) in [5.41, 5.74) is 13.0. The highest BCUT2D eigenvalue weighted by molar-refractivity contribution is 9.10. The van der Waals surface area contributed by atoms with E-state index in [1.807, 2.05) is 0 Å². The summed E-state index contributed by atoms with van der Waals surface area (Å²) in [6.45, 7) is 0.443. The average Bonchev–Trinajstić information content (AvgIpc) is 1.42. The van der Waals surface area contributed by atoms with Crippen molar-refractivity contribution in [1.29, 1.82) is 0 Å². The van der Waals surface area contributed by atoms with Crippen molar-refractivity contribution in [2.75, 3.05) is 0 Å². The molecule has 8 N–H and O–H groups in total. The first-order chi connectivity index (χ1) is 44.8. The Labute approximate surface area is 570 Å². The third-order valence-electron chi connectivity index (χ3n) is 15.7. The molecule has 6 atom stereocenters. The van der Waals surface area contributed by atoms with Crippen LogP contribution < -0.4 is 30.4 Å². The summed E-state index contributed by atoms with van der Waals surface area (Å²) >= 11 is 18.2. The first-order valence-electron chi connectivity index (χ1n) is 28.8. The zero-order valence-corrected chi connectivity index (χ0v) is 56.0. The van der Waals surface area contributed by atoms with Gasteiger partial charge in [-0.15, -0.1) is 0 Å². The summed E-state index contributed by atoms with van der Waals surface area (Å²) < 4.78 is 198. The van der Waals surface area contributed by atoms with Gasteiger partial charge in [-0.05, 0) is 160 Å². The van der Waals surface area contributed by atoms with E-state index in [1.54, 1.807) is 48.5 Å². The second-order valence-corrected chi connectivity index (χ2v) is 28.6. The van der Waals surface area contributed by atoms with Crippen LogP contribution in [0.4, 0.5) is 43.9 Å². The fourth-order valence-electron chi connectivity index (χ4n) is 11.1. The summed E-state index contributed by atoms with van der Waals surface area (Å²) in [5.74, 6) is -14.3. The van der Waals surface area contributed by atoms with Gasteiger partial charge in [0.2, 0.25) is 31.9 Å². The quantitative estimate of drug-likeness (QED) is 0.0437. The van der Waals surface area contributed by atoms with Crippen LogP contribution in [0.25, 0.3) is 0 Å². The molecule has 0 spiro atoms. The Morgan fingerprint density at radius 1 is 0.479 bits per heavy atom. The van der Waals surface area contributed by atoms with E-state index in [0.717, 1.165) is 11.1 Å². The predicted molar refractivity (Wildman–Crippen MR) is 338 cm³/mol. The number of ether oxygens (including phenoxy) is 2. The minimum Gasteiger partial charge on any atom is -0.489 e. The number of hydrogen-bond donors (Lipinski definition) is 6. The number of carbonyl (C=O) groups excluding carboxylic acids is 2. The van der Waals surface area contributed by atoms with Crippen molar-refractivity contribution in [1.82, 2.24) is 19.2 Å². The molecule has 0 radical (unpaired) electrons. The van der Waals surface area contributed by atoms with Crippen LogP contribution in [0.3, 0.4) is 0 Å². The minimum atomic E-state index is -5.08. The molecule has 4 unspecified atom stereocenters. The van der Waals surface area contributed by atoms with Gasteiger partial charge in [-0.1, -0.05) is 104 Å². The Morgan fingerprint density at radius 2 is 0.740 bits per heavy atom. The number of hydrogen-bond acceptors (Lipinski definition) is 12. The fourth-order valence-corrected chi connectivity index (χ4v) is 14.2. The smallest absolute Gasteiger partial charge is 0.489 e. The lowest BCUT2D eigenvalue weighted by Gasteiger charge is -2.41. The average molecular weight is 1570 g/mol. The Kier molecular flexibility index (Phi) is 25.5. The normalized spacial score (nSPS) is 20.0. The molecule has 4 aliphatic rings. The van der Waals surface area contributed by atoms with Gasteiger partial charge >= 0.3 is 24.3 Å².